The monoisotopic (exact) mass is 414 g/mol. The fraction of sp³-hybridized carbons (Fsp3) is 0.545. The van der Waals surface area contributed by atoms with Crippen LogP contribution in [0.4, 0.5) is 16.2 Å². The van der Waals surface area contributed by atoms with Crippen LogP contribution in [-0.4, -0.2) is 40.7 Å². The lowest BCUT2D eigenvalue weighted by Gasteiger charge is -2.36. The highest BCUT2D eigenvalue weighted by atomic mass is 16.2. The van der Waals surface area contributed by atoms with E-state index in [0.717, 1.165) is 24.2 Å². The topological polar surface area (TPSA) is 108 Å². The van der Waals surface area contributed by atoms with Crippen LogP contribution < -0.4 is 16.0 Å². The minimum absolute atomic E-state index is 0.0406. The number of carbonyl (C=O) groups excluding carboxylic acids is 4. The summed E-state index contributed by atoms with van der Waals surface area (Å²) >= 11 is 0. The van der Waals surface area contributed by atoms with Crippen molar-refractivity contribution in [3.63, 3.8) is 0 Å². The quantitative estimate of drug-likeness (QED) is 0.658. The molecule has 0 bridgehead atoms. The van der Waals surface area contributed by atoms with Crippen molar-refractivity contribution in [1.82, 2.24) is 10.2 Å². The number of hydrogen-bond donors (Lipinski definition) is 3. The molecule has 3 rings (SSSR count). The SMILES string of the molecule is CC1CCCCC12NC(=O)N(CC(=O)Nc1cccc(NC(=O)C(C)(C)C)c1)C2=O. The Bertz CT molecular complexity index is 876. The third-order valence-corrected chi connectivity index (χ3v) is 5.89. The van der Waals surface area contributed by atoms with Crippen LogP contribution in [0.2, 0.25) is 0 Å². The lowest BCUT2D eigenvalue weighted by Crippen LogP contribution is -2.54. The Morgan fingerprint density at radius 2 is 1.83 bits per heavy atom. The molecule has 0 radical (unpaired) electrons. The van der Waals surface area contributed by atoms with Gasteiger partial charge in [-0.1, -0.05) is 46.6 Å². The van der Waals surface area contributed by atoms with Gasteiger partial charge in [0, 0.05) is 16.8 Å². The summed E-state index contributed by atoms with van der Waals surface area (Å²) in [6.45, 7) is 7.06. The summed E-state index contributed by atoms with van der Waals surface area (Å²) in [6.07, 6.45) is 3.39. The van der Waals surface area contributed by atoms with Crippen LogP contribution in [0.5, 0.6) is 0 Å². The molecule has 8 heteroatoms. The summed E-state index contributed by atoms with van der Waals surface area (Å²) in [5.74, 6) is -0.893. The van der Waals surface area contributed by atoms with Crippen molar-refractivity contribution in [3.05, 3.63) is 24.3 Å². The predicted octanol–water partition coefficient (Wildman–Crippen LogP) is 3.11. The summed E-state index contributed by atoms with van der Waals surface area (Å²) in [4.78, 5) is 51.1. The smallest absolute Gasteiger partial charge is 0.325 e. The fourth-order valence-electron chi connectivity index (χ4n) is 3.98. The second kappa shape index (κ2) is 8.08. The number of urea groups is 1. The first-order chi connectivity index (χ1) is 14.0. The number of anilines is 2. The minimum Gasteiger partial charge on any atom is -0.326 e. The van der Waals surface area contributed by atoms with Crippen molar-refractivity contribution in [2.45, 2.75) is 58.9 Å². The van der Waals surface area contributed by atoms with E-state index in [4.69, 9.17) is 0 Å². The van der Waals surface area contributed by atoms with Gasteiger partial charge in [-0.2, -0.15) is 0 Å². The van der Waals surface area contributed by atoms with Crippen LogP contribution in [0, 0.1) is 11.3 Å². The molecular weight excluding hydrogens is 384 g/mol. The Hall–Kier alpha value is -2.90. The third-order valence-electron chi connectivity index (χ3n) is 5.89. The molecule has 8 nitrogen and oxygen atoms in total. The van der Waals surface area contributed by atoms with E-state index >= 15 is 0 Å². The lowest BCUT2D eigenvalue weighted by molar-refractivity contribution is -0.136. The van der Waals surface area contributed by atoms with Crippen LogP contribution in [0.25, 0.3) is 0 Å². The summed E-state index contributed by atoms with van der Waals surface area (Å²) < 4.78 is 0. The van der Waals surface area contributed by atoms with Crippen molar-refractivity contribution in [2.24, 2.45) is 11.3 Å². The molecule has 162 valence electrons. The van der Waals surface area contributed by atoms with E-state index in [2.05, 4.69) is 16.0 Å². The molecule has 1 aromatic carbocycles. The van der Waals surface area contributed by atoms with Gasteiger partial charge in [-0.3, -0.25) is 19.3 Å². The first-order valence-corrected chi connectivity index (χ1v) is 10.4. The number of imide groups is 1. The molecule has 1 aliphatic heterocycles. The van der Waals surface area contributed by atoms with E-state index in [1.807, 2.05) is 27.7 Å². The Labute approximate surface area is 176 Å². The Kier molecular flexibility index (Phi) is 5.87. The van der Waals surface area contributed by atoms with Crippen LogP contribution in [0.1, 0.15) is 53.4 Å². The molecule has 2 atom stereocenters. The average molecular weight is 415 g/mol. The summed E-state index contributed by atoms with van der Waals surface area (Å²) in [6, 6.07) is 6.24. The standard InChI is InChI=1S/C22H30N4O4/c1-14-8-5-6-11-22(14)19(29)26(20(30)25-22)13-17(27)23-15-9-7-10-16(12-15)24-18(28)21(2,3)4/h7,9-10,12,14H,5-6,8,11,13H2,1-4H3,(H,23,27)(H,24,28)(H,25,30). The average Bonchev–Trinajstić information content (AvgIpc) is 2.89. The maximum atomic E-state index is 13.0. The first-order valence-electron chi connectivity index (χ1n) is 10.4. The predicted molar refractivity (Wildman–Crippen MR) is 114 cm³/mol. The van der Waals surface area contributed by atoms with Crippen molar-refractivity contribution < 1.29 is 19.2 Å². The van der Waals surface area contributed by atoms with Gasteiger partial charge in [0.1, 0.15) is 12.1 Å². The zero-order valence-electron chi connectivity index (χ0n) is 18.0. The highest BCUT2D eigenvalue weighted by Gasteiger charge is 2.55. The van der Waals surface area contributed by atoms with Gasteiger partial charge >= 0.3 is 6.03 Å². The third kappa shape index (κ3) is 4.32. The van der Waals surface area contributed by atoms with E-state index in [9.17, 15) is 19.2 Å². The van der Waals surface area contributed by atoms with Crippen molar-refractivity contribution in [2.75, 3.05) is 17.2 Å². The molecule has 2 fully saturated rings. The second-order valence-electron chi connectivity index (χ2n) is 9.27. The lowest BCUT2D eigenvalue weighted by atomic mass is 9.73. The number of carbonyl (C=O) groups is 4. The molecule has 30 heavy (non-hydrogen) atoms. The van der Waals surface area contributed by atoms with Crippen LogP contribution in [0.3, 0.4) is 0 Å². The van der Waals surface area contributed by atoms with Crippen molar-refractivity contribution in [1.29, 1.82) is 0 Å². The largest absolute Gasteiger partial charge is 0.326 e. The van der Waals surface area contributed by atoms with E-state index in [1.54, 1.807) is 24.3 Å². The second-order valence-corrected chi connectivity index (χ2v) is 9.27. The summed E-state index contributed by atoms with van der Waals surface area (Å²) in [5.41, 5.74) is -0.404. The minimum atomic E-state index is -0.882. The molecule has 1 saturated heterocycles. The van der Waals surface area contributed by atoms with Gasteiger partial charge < -0.3 is 16.0 Å². The van der Waals surface area contributed by atoms with Gasteiger partial charge in [-0.15, -0.1) is 0 Å². The van der Waals surface area contributed by atoms with E-state index in [1.165, 1.54) is 0 Å². The molecule has 1 heterocycles. The molecule has 0 aromatic heterocycles. The van der Waals surface area contributed by atoms with Crippen LogP contribution >= 0.6 is 0 Å². The number of benzene rings is 1. The zero-order valence-corrected chi connectivity index (χ0v) is 18.0. The number of hydrogen-bond acceptors (Lipinski definition) is 4. The maximum absolute atomic E-state index is 13.0. The maximum Gasteiger partial charge on any atom is 0.325 e. The molecule has 1 aromatic rings. The van der Waals surface area contributed by atoms with Gasteiger partial charge in [-0.05, 0) is 37.0 Å². The number of nitrogens with zero attached hydrogens (tertiary/aromatic N) is 1. The Morgan fingerprint density at radius 3 is 2.47 bits per heavy atom. The highest BCUT2D eigenvalue weighted by molar-refractivity contribution is 6.10. The van der Waals surface area contributed by atoms with Gasteiger partial charge in [0.15, 0.2) is 0 Å². The van der Waals surface area contributed by atoms with Gasteiger partial charge in [-0.25, -0.2) is 4.79 Å². The molecule has 3 N–H and O–H groups in total. The van der Waals surface area contributed by atoms with Crippen molar-refractivity contribution in [3.8, 4) is 0 Å². The molecule has 1 aliphatic carbocycles. The number of amides is 5. The van der Waals surface area contributed by atoms with E-state index in [0.29, 0.717) is 17.8 Å². The van der Waals surface area contributed by atoms with Gasteiger partial charge in [0.2, 0.25) is 11.8 Å². The van der Waals surface area contributed by atoms with E-state index in [-0.39, 0.29) is 24.3 Å². The van der Waals surface area contributed by atoms with Gasteiger partial charge in [0.25, 0.3) is 5.91 Å². The highest BCUT2D eigenvalue weighted by Crippen LogP contribution is 2.38. The molecule has 5 amide bonds. The number of nitrogens with one attached hydrogen (secondary N) is 3. The summed E-state index contributed by atoms with van der Waals surface area (Å²) in [5, 5.41) is 8.35. The van der Waals surface area contributed by atoms with Crippen LogP contribution in [0.15, 0.2) is 24.3 Å². The molecular formula is C22H30N4O4. The summed E-state index contributed by atoms with van der Waals surface area (Å²) in [7, 11) is 0. The van der Waals surface area contributed by atoms with Crippen LogP contribution in [-0.2, 0) is 14.4 Å². The first kappa shape index (κ1) is 21.8. The zero-order chi connectivity index (χ0) is 22.1. The normalized spacial score (nSPS) is 24.0. The fourth-order valence-corrected chi connectivity index (χ4v) is 3.98. The number of rotatable bonds is 4. The molecule has 1 saturated carbocycles. The van der Waals surface area contributed by atoms with Crippen molar-refractivity contribution >= 4 is 35.1 Å². The Morgan fingerprint density at radius 1 is 1.17 bits per heavy atom. The Balaban J connectivity index is 1.65. The molecule has 2 aliphatic rings. The molecule has 1 spiro atoms. The van der Waals surface area contributed by atoms with E-state index < -0.39 is 22.9 Å². The van der Waals surface area contributed by atoms with Gasteiger partial charge in [0.05, 0.1) is 0 Å². The molecule has 2 unspecified atom stereocenters.